The van der Waals surface area contributed by atoms with Crippen molar-refractivity contribution in [1.29, 1.82) is 0 Å². The van der Waals surface area contributed by atoms with Gasteiger partial charge in [-0.25, -0.2) is 4.72 Å². The van der Waals surface area contributed by atoms with Crippen molar-refractivity contribution in [2.24, 2.45) is 5.92 Å². The van der Waals surface area contributed by atoms with Crippen molar-refractivity contribution >= 4 is 10.2 Å². The molecule has 17 heavy (non-hydrogen) atoms. The van der Waals surface area contributed by atoms with Crippen molar-refractivity contribution < 1.29 is 8.42 Å². The number of nitrogens with zero attached hydrogens (tertiary/aromatic N) is 1. The summed E-state index contributed by atoms with van der Waals surface area (Å²) < 4.78 is 27.9. The molecule has 1 aliphatic heterocycles. The Balaban J connectivity index is 2.32. The highest BCUT2D eigenvalue weighted by molar-refractivity contribution is 7.87. The number of piperidine rings is 1. The molecule has 0 spiro atoms. The van der Waals surface area contributed by atoms with Gasteiger partial charge in [0, 0.05) is 20.1 Å². The quantitative estimate of drug-likeness (QED) is 0.705. The fourth-order valence-electron chi connectivity index (χ4n) is 1.93. The van der Waals surface area contributed by atoms with Gasteiger partial charge in [-0.15, -0.1) is 0 Å². The van der Waals surface area contributed by atoms with Gasteiger partial charge in [-0.05, 0) is 38.3 Å². The summed E-state index contributed by atoms with van der Waals surface area (Å²) in [4.78, 5) is 0. The number of rotatable bonds is 7. The van der Waals surface area contributed by atoms with Crippen molar-refractivity contribution in [2.75, 3.05) is 33.2 Å². The van der Waals surface area contributed by atoms with Gasteiger partial charge >= 0.3 is 0 Å². The molecule has 102 valence electrons. The molecule has 1 saturated heterocycles. The van der Waals surface area contributed by atoms with Gasteiger partial charge in [0.2, 0.25) is 0 Å². The molecule has 1 atom stereocenters. The number of hydrogen-bond acceptors (Lipinski definition) is 3. The van der Waals surface area contributed by atoms with Crippen LogP contribution >= 0.6 is 0 Å². The van der Waals surface area contributed by atoms with Gasteiger partial charge in [0.15, 0.2) is 0 Å². The van der Waals surface area contributed by atoms with E-state index in [2.05, 4.69) is 17.0 Å². The first-order valence-corrected chi connectivity index (χ1v) is 7.92. The Morgan fingerprint density at radius 3 is 2.82 bits per heavy atom. The van der Waals surface area contributed by atoms with Crippen LogP contribution in [0.4, 0.5) is 0 Å². The highest BCUT2D eigenvalue weighted by atomic mass is 32.2. The summed E-state index contributed by atoms with van der Waals surface area (Å²) in [5, 5.41) is 3.29. The molecular formula is C11H25N3O2S. The molecule has 1 heterocycles. The highest BCUT2D eigenvalue weighted by Crippen LogP contribution is 2.09. The predicted molar refractivity (Wildman–Crippen MR) is 70.1 cm³/mol. The molecule has 0 aromatic carbocycles. The smallest absolute Gasteiger partial charge is 0.279 e. The van der Waals surface area contributed by atoms with E-state index < -0.39 is 10.2 Å². The van der Waals surface area contributed by atoms with Crippen molar-refractivity contribution in [1.82, 2.24) is 14.3 Å². The lowest BCUT2D eigenvalue weighted by molar-refractivity contribution is 0.369. The summed E-state index contributed by atoms with van der Waals surface area (Å²) in [5.74, 6) is 0.429. The third-order valence-electron chi connectivity index (χ3n) is 3.19. The van der Waals surface area contributed by atoms with Crippen LogP contribution in [-0.4, -0.2) is 45.9 Å². The van der Waals surface area contributed by atoms with Crippen molar-refractivity contribution in [2.45, 2.75) is 32.6 Å². The standard InChI is InChI=1S/C11H25N3O2S/c1-3-4-8-14(2)17(15,16)13-10-11-6-5-7-12-9-11/h11-13H,3-10H2,1-2H3. The Bertz CT molecular complexity index is 300. The first-order valence-electron chi connectivity index (χ1n) is 6.48. The summed E-state index contributed by atoms with van der Waals surface area (Å²) in [6.07, 6.45) is 4.15. The normalized spacial score (nSPS) is 21.9. The van der Waals surface area contributed by atoms with Gasteiger partial charge in [-0.3, -0.25) is 0 Å². The number of hydrogen-bond donors (Lipinski definition) is 2. The van der Waals surface area contributed by atoms with Gasteiger partial charge in [0.05, 0.1) is 0 Å². The molecule has 1 fully saturated rings. The third kappa shape index (κ3) is 5.33. The lowest BCUT2D eigenvalue weighted by Gasteiger charge is -2.24. The first-order chi connectivity index (χ1) is 8.06. The predicted octanol–water partition coefficient (Wildman–Crippen LogP) is 0.552. The minimum Gasteiger partial charge on any atom is -0.316 e. The Morgan fingerprint density at radius 2 is 2.24 bits per heavy atom. The molecule has 2 N–H and O–H groups in total. The van der Waals surface area contributed by atoms with Gasteiger partial charge in [0.25, 0.3) is 10.2 Å². The van der Waals surface area contributed by atoms with E-state index in [-0.39, 0.29) is 0 Å². The molecule has 0 aromatic heterocycles. The van der Waals surface area contributed by atoms with E-state index >= 15 is 0 Å². The molecule has 0 amide bonds. The molecular weight excluding hydrogens is 238 g/mol. The summed E-state index contributed by atoms with van der Waals surface area (Å²) in [6, 6.07) is 0. The molecule has 0 saturated carbocycles. The minimum atomic E-state index is -3.28. The molecule has 0 aliphatic carbocycles. The van der Waals surface area contributed by atoms with Gasteiger partial charge in [-0.2, -0.15) is 12.7 Å². The van der Waals surface area contributed by atoms with E-state index in [0.717, 1.165) is 38.8 Å². The van der Waals surface area contributed by atoms with Gasteiger partial charge in [-0.1, -0.05) is 13.3 Å². The Morgan fingerprint density at radius 1 is 1.47 bits per heavy atom. The van der Waals surface area contributed by atoms with Crippen LogP contribution in [0.15, 0.2) is 0 Å². The largest absolute Gasteiger partial charge is 0.316 e. The molecule has 0 radical (unpaired) electrons. The zero-order valence-electron chi connectivity index (χ0n) is 10.9. The summed E-state index contributed by atoms with van der Waals surface area (Å²) in [6.45, 7) is 5.17. The molecule has 1 aliphatic rings. The molecule has 0 bridgehead atoms. The average Bonchev–Trinajstić information content (AvgIpc) is 2.35. The van der Waals surface area contributed by atoms with Gasteiger partial charge in [0.1, 0.15) is 0 Å². The highest BCUT2D eigenvalue weighted by Gasteiger charge is 2.19. The van der Waals surface area contributed by atoms with E-state index in [1.807, 2.05) is 0 Å². The number of unbranched alkanes of at least 4 members (excludes halogenated alkanes) is 1. The van der Waals surface area contributed by atoms with Crippen molar-refractivity contribution in [3.05, 3.63) is 0 Å². The molecule has 6 heteroatoms. The fourth-order valence-corrected chi connectivity index (χ4v) is 2.97. The summed E-state index contributed by atoms with van der Waals surface area (Å²) >= 11 is 0. The average molecular weight is 263 g/mol. The molecule has 1 unspecified atom stereocenters. The maximum absolute atomic E-state index is 11.9. The summed E-state index contributed by atoms with van der Waals surface area (Å²) in [7, 11) is -1.64. The molecule has 0 aromatic rings. The summed E-state index contributed by atoms with van der Waals surface area (Å²) in [5.41, 5.74) is 0. The van der Waals surface area contributed by atoms with Crippen LogP contribution in [0.1, 0.15) is 32.6 Å². The van der Waals surface area contributed by atoms with Crippen LogP contribution < -0.4 is 10.0 Å². The van der Waals surface area contributed by atoms with Crippen LogP contribution in [0, 0.1) is 5.92 Å². The van der Waals surface area contributed by atoms with Crippen LogP contribution in [0.5, 0.6) is 0 Å². The van der Waals surface area contributed by atoms with Crippen molar-refractivity contribution in [3.8, 4) is 0 Å². The lowest BCUT2D eigenvalue weighted by Crippen LogP contribution is -2.43. The Kier molecular flexibility index (Phi) is 6.40. The van der Waals surface area contributed by atoms with E-state index in [1.54, 1.807) is 7.05 Å². The van der Waals surface area contributed by atoms with Crippen LogP contribution in [0.3, 0.4) is 0 Å². The minimum absolute atomic E-state index is 0.429. The molecule has 1 rings (SSSR count). The SMILES string of the molecule is CCCCN(C)S(=O)(=O)NCC1CCCNC1. The van der Waals surface area contributed by atoms with E-state index in [1.165, 1.54) is 4.31 Å². The third-order valence-corrected chi connectivity index (χ3v) is 4.72. The maximum Gasteiger partial charge on any atom is 0.279 e. The Hall–Kier alpha value is -0.170. The number of nitrogens with one attached hydrogen (secondary N) is 2. The van der Waals surface area contributed by atoms with E-state index in [4.69, 9.17) is 0 Å². The van der Waals surface area contributed by atoms with E-state index in [0.29, 0.717) is 19.0 Å². The first kappa shape index (κ1) is 14.9. The monoisotopic (exact) mass is 263 g/mol. The zero-order chi connectivity index (χ0) is 12.7. The van der Waals surface area contributed by atoms with E-state index in [9.17, 15) is 8.42 Å². The second kappa shape index (κ2) is 7.31. The zero-order valence-corrected chi connectivity index (χ0v) is 11.7. The fraction of sp³-hybridized carbons (Fsp3) is 1.00. The van der Waals surface area contributed by atoms with Gasteiger partial charge < -0.3 is 5.32 Å². The van der Waals surface area contributed by atoms with Crippen molar-refractivity contribution in [3.63, 3.8) is 0 Å². The Labute approximate surface area is 105 Å². The lowest BCUT2D eigenvalue weighted by atomic mass is 10.0. The second-order valence-electron chi connectivity index (χ2n) is 4.74. The van der Waals surface area contributed by atoms with Crippen LogP contribution in [0.2, 0.25) is 0 Å². The second-order valence-corrected chi connectivity index (χ2v) is 6.60. The molecule has 5 nitrogen and oxygen atoms in total. The van der Waals surface area contributed by atoms with Crippen LogP contribution in [-0.2, 0) is 10.2 Å². The maximum atomic E-state index is 11.9. The van der Waals surface area contributed by atoms with Crippen LogP contribution in [0.25, 0.3) is 0 Å². The topological polar surface area (TPSA) is 61.4 Å².